The molecule has 0 atom stereocenters. The van der Waals surface area contributed by atoms with Gasteiger partial charge in [-0.05, 0) is 24.7 Å². The van der Waals surface area contributed by atoms with E-state index < -0.39 is 5.92 Å². The van der Waals surface area contributed by atoms with Crippen LogP contribution in [0.3, 0.4) is 0 Å². The molecule has 16 heavy (non-hydrogen) atoms. The molecule has 0 bridgehead atoms. The van der Waals surface area contributed by atoms with Crippen molar-refractivity contribution >= 4 is 5.91 Å². The van der Waals surface area contributed by atoms with Crippen LogP contribution >= 0.6 is 0 Å². The Hall–Kier alpha value is -0.670. The second-order valence-electron chi connectivity index (χ2n) is 5.22. The Balaban J connectivity index is 2.00. The Morgan fingerprint density at radius 1 is 1.44 bits per heavy atom. The van der Waals surface area contributed by atoms with E-state index in [1.54, 1.807) is 0 Å². The molecule has 0 saturated heterocycles. The van der Waals surface area contributed by atoms with Crippen LogP contribution in [0, 0.1) is 11.8 Å². The summed E-state index contributed by atoms with van der Waals surface area (Å²) in [5.74, 6) is -2.06. The Kier molecular flexibility index (Phi) is 4.69. The second-order valence-corrected chi connectivity index (χ2v) is 5.22. The van der Waals surface area contributed by atoms with E-state index in [1.807, 2.05) is 0 Å². The van der Waals surface area contributed by atoms with E-state index >= 15 is 0 Å². The zero-order chi connectivity index (χ0) is 12.2. The predicted octanol–water partition coefficient (Wildman–Crippen LogP) is 2.97. The van der Waals surface area contributed by atoms with Crippen LogP contribution in [0.1, 0.15) is 46.0 Å². The van der Waals surface area contributed by atoms with Crippen molar-refractivity contribution in [2.75, 3.05) is 6.54 Å². The van der Waals surface area contributed by atoms with Crippen molar-refractivity contribution in [3.63, 3.8) is 0 Å². The van der Waals surface area contributed by atoms with Crippen molar-refractivity contribution in [3.8, 4) is 0 Å². The molecule has 0 aromatic carbocycles. The fraction of sp³-hybridized carbons (Fsp3) is 0.917. The Bertz CT molecular complexity index is 233. The fourth-order valence-corrected chi connectivity index (χ4v) is 2.00. The molecule has 4 heteroatoms. The summed E-state index contributed by atoms with van der Waals surface area (Å²) in [6.45, 7) is 4.94. The molecule has 1 aliphatic carbocycles. The molecule has 0 spiro atoms. The number of carbonyl (C=O) groups excluding carboxylic acids is 1. The maximum Gasteiger partial charge on any atom is 0.248 e. The number of amides is 1. The van der Waals surface area contributed by atoms with E-state index in [0.717, 1.165) is 12.8 Å². The smallest absolute Gasteiger partial charge is 0.248 e. The third kappa shape index (κ3) is 4.90. The van der Waals surface area contributed by atoms with E-state index in [1.165, 1.54) is 0 Å². The summed E-state index contributed by atoms with van der Waals surface area (Å²) in [4.78, 5) is 11.3. The highest BCUT2D eigenvalue weighted by Crippen LogP contribution is 2.43. The fourth-order valence-electron chi connectivity index (χ4n) is 2.00. The van der Waals surface area contributed by atoms with Gasteiger partial charge in [0, 0.05) is 25.8 Å². The maximum absolute atomic E-state index is 12.5. The molecule has 0 heterocycles. The lowest BCUT2D eigenvalue weighted by molar-refractivity contribution is -0.133. The van der Waals surface area contributed by atoms with Crippen molar-refractivity contribution in [2.45, 2.75) is 51.9 Å². The van der Waals surface area contributed by atoms with Gasteiger partial charge < -0.3 is 5.32 Å². The summed E-state index contributed by atoms with van der Waals surface area (Å²) >= 11 is 0. The van der Waals surface area contributed by atoms with Gasteiger partial charge in [0.25, 0.3) is 0 Å². The van der Waals surface area contributed by atoms with Crippen LogP contribution in [0.2, 0.25) is 0 Å². The van der Waals surface area contributed by atoms with E-state index in [9.17, 15) is 13.6 Å². The first-order valence-electron chi connectivity index (χ1n) is 6.03. The second kappa shape index (κ2) is 5.60. The Morgan fingerprint density at radius 2 is 2.06 bits per heavy atom. The zero-order valence-corrected chi connectivity index (χ0v) is 10.1. The quantitative estimate of drug-likeness (QED) is 0.702. The number of alkyl halides is 2. The SMILES string of the molecule is CC(C)CCCNC(=O)CC1CC(F)(F)C1. The molecule has 94 valence electrons. The van der Waals surface area contributed by atoms with Gasteiger partial charge >= 0.3 is 0 Å². The first-order valence-corrected chi connectivity index (χ1v) is 6.03. The van der Waals surface area contributed by atoms with Crippen molar-refractivity contribution < 1.29 is 13.6 Å². The number of halogens is 2. The molecule has 2 nitrogen and oxygen atoms in total. The van der Waals surface area contributed by atoms with Crippen molar-refractivity contribution in [2.24, 2.45) is 11.8 Å². The van der Waals surface area contributed by atoms with Gasteiger partial charge in [-0.1, -0.05) is 13.8 Å². The minimum atomic E-state index is -2.51. The molecule has 1 rings (SSSR count). The van der Waals surface area contributed by atoms with Gasteiger partial charge in [0.2, 0.25) is 11.8 Å². The summed E-state index contributed by atoms with van der Waals surface area (Å²) in [5, 5.41) is 2.78. The van der Waals surface area contributed by atoms with Gasteiger partial charge in [-0.15, -0.1) is 0 Å². The molecular weight excluding hydrogens is 212 g/mol. The van der Waals surface area contributed by atoms with E-state index in [4.69, 9.17) is 0 Å². The summed E-state index contributed by atoms with van der Waals surface area (Å²) in [7, 11) is 0. The highest BCUT2D eigenvalue weighted by molar-refractivity contribution is 5.76. The lowest BCUT2D eigenvalue weighted by Crippen LogP contribution is -2.38. The van der Waals surface area contributed by atoms with Crippen LogP contribution < -0.4 is 5.32 Å². The lowest BCUT2D eigenvalue weighted by Gasteiger charge is -2.34. The van der Waals surface area contributed by atoms with Crippen LogP contribution in [-0.4, -0.2) is 18.4 Å². The highest BCUT2D eigenvalue weighted by Gasteiger charge is 2.45. The number of carbonyl (C=O) groups is 1. The van der Waals surface area contributed by atoms with Crippen LogP contribution in [-0.2, 0) is 4.79 Å². The third-order valence-electron chi connectivity index (χ3n) is 2.93. The molecule has 0 aromatic heterocycles. The molecule has 0 aliphatic heterocycles. The average Bonchev–Trinajstić information content (AvgIpc) is 2.09. The normalized spacial score (nSPS) is 19.6. The van der Waals surface area contributed by atoms with Gasteiger partial charge in [-0.2, -0.15) is 0 Å². The van der Waals surface area contributed by atoms with Gasteiger partial charge in [0.15, 0.2) is 0 Å². The molecule has 0 aromatic rings. The summed E-state index contributed by atoms with van der Waals surface area (Å²) in [5.41, 5.74) is 0. The topological polar surface area (TPSA) is 29.1 Å². The van der Waals surface area contributed by atoms with Crippen LogP contribution in [0.4, 0.5) is 8.78 Å². The number of rotatable bonds is 6. The minimum absolute atomic E-state index is 0.0794. The highest BCUT2D eigenvalue weighted by atomic mass is 19.3. The summed E-state index contributed by atoms with van der Waals surface area (Å²) in [6.07, 6.45) is 2.07. The molecule has 1 aliphatic rings. The van der Waals surface area contributed by atoms with Crippen molar-refractivity contribution in [1.29, 1.82) is 0 Å². The van der Waals surface area contributed by atoms with E-state index in [2.05, 4.69) is 19.2 Å². The Labute approximate surface area is 95.8 Å². The van der Waals surface area contributed by atoms with Crippen molar-refractivity contribution in [1.82, 2.24) is 5.32 Å². The first-order chi connectivity index (χ1) is 7.39. The molecule has 1 amide bonds. The van der Waals surface area contributed by atoms with Gasteiger partial charge in [-0.25, -0.2) is 8.78 Å². The number of hydrogen-bond donors (Lipinski definition) is 1. The summed E-state index contributed by atoms with van der Waals surface area (Å²) in [6, 6.07) is 0. The van der Waals surface area contributed by atoms with Crippen molar-refractivity contribution in [3.05, 3.63) is 0 Å². The standard InChI is InChI=1S/C12H21F2NO/c1-9(2)4-3-5-15-11(16)6-10-7-12(13,14)8-10/h9-10H,3-8H2,1-2H3,(H,15,16). The van der Waals surface area contributed by atoms with Gasteiger partial charge in [0.05, 0.1) is 0 Å². The van der Waals surface area contributed by atoms with Gasteiger partial charge in [0.1, 0.15) is 0 Å². The van der Waals surface area contributed by atoms with Crippen LogP contribution in [0.5, 0.6) is 0 Å². The predicted molar refractivity (Wildman–Crippen MR) is 59.4 cm³/mol. The minimum Gasteiger partial charge on any atom is -0.356 e. The van der Waals surface area contributed by atoms with Crippen LogP contribution in [0.25, 0.3) is 0 Å². The first kappa shape index (κ1) is 13.4. The lowest BCUT2D eigenvalue weighted by atomic mass is 9.79. The molecular formula is C12H21F2NO. The molecule has 1 saturated carbocycles. The molecule has 1 fully saturated rings. The largest absolute Gasteiger partial charge is 0.356 e. The molecule has 1 N–H and O–H groups in total. The monoisotopic (exact) mass is 233 g/mol. The van der Waals surface area contributed by atoms with E-state index in [0.29, 0.717) is 12.5 Å². The molecule has 0 radical (unpaired) electrons. The average molecular weight is 233 g/mol. The summed E-state index contributed by atoms with van der Waals surface area (Å²) < 4.78 is 25.0. The van der Waals surface area contributed by atoms with Gasteiger partial charge in [-0.3, -0.25) is 4.79 Å². The number of hydrogen-bond acceptors (Lipinski definition) is 1. The maximum atomic E-state index is 12.5. The van der Waals surface area contributed by atoms with E-state index in [-0.39, 0.29) is 31.1 Å². The molecule has 0 unspecified atom stereocenters. The number of nitrogens with one attached hydrogen (secondary N) is 1. The zero-order valence-electron chi connectivity index (χ0n) is 10.1. The Morgan fingerprint density at radius 3 is 2.56 bits per heavy atom. The van der Waals surface area contributed by atoms with Crippen LogP contribution in [0.15, 0.2) is 0 Å². The third-order valence-corrected chi connectivity index (χ3v) is 2.93.